The van der Waals surface area contributed by atoms with Crippen molar-refractivity contribution in [1.82, 2.24) is 0 Å². The summed E-state index contributed by atoms with van der Waals surface area (Å²) in [4.78, 5) is 26.1. The second-order valence-electron chi connectivity index (χ2n) is 9.38. The van der Waals surface area contributed by atoms with Gasteiger partial charge in [-0.3, -0.25) is 9.59 Å². The minimum atomic E-state index is -1.81. The van der Waals surface area contributed by atoms with Crippen LogP contribution in [-0.2, 0) is 23.8 Å². The van der Waals surface area contributed by atoms with E-state index in [-0.39, 0.29) is 11.5 Å². The number of ketones is 1. The van der Waals surface area contributed by atoms with Gasteiger partial charge in [-0.25, -0.2) is 0 Å². The number of fused-ring (bicyclic) bond motifs is 5. The Morgan fingerprint density at radius 1 is 1.38 bits per heavy atom. The van der Waals surface area contributed by atoms with Gasteiger partial charge < -0.3 is 19.3 Å². The zero-order valence-corrected chi connectivity index (χ0v) is 19.7. The standard InChI is InChI=1S/C25H29ClO6/c1-6-13(2)9-14(3)7-8-16-10-17-18(12-30-16)19-20-23(28)31-15(4)11-25(20,29)32-24(19,5)22(27)21(17)26/h7-10,12-13,15,19-20,29H,6,11H2,1-5H3/b8-7+,14-9+/t13-,15-,19+,20-,24-,25-/m0/s1. The van der Waals surface area contributed by atoms with Crippen LogP contribution in [0.15, 0.2) is 58.1 Å². The van der Waals surface area contributed by atoms with Crippen molar-refractivity contribution in [3.05, 3.63) is 58.1 Å². The van der Waals surface area contributed by atoms with Crippen molar-refractivity contribution in [2.75, 3.05) is 0 Å². The molecule has 0 aromatic rings. The maximum atomic E-state index is 13.3. The topological polar surface area (TPSA) is 82.1 Å². The van der Waals surface area contributed by atoms with Crippen molar-refractivity contribution in [2.45, 2.75) is 65.0 Å². The Morgan fingerprint density at radius 3 is 2.78 bits per heavy atom. The largest absolute Gasteiger partial charge is 0.465 e. The molecule has 0 bridgehead atoms. The summed E-state index contributed by atoms with van der Waals surface area (Å²) in [5.74, 6) is -3.69. The molecule has 1 aliphatic carbocycles. The number of rotatable bonds is 4. The normalized spacial score (nSPS) is 37.8. The van der Waals surface area contributed by atoms with E-state index in [0.717, 1.165) is 12.0 Å². The molecule has 0 amide bonds. The summed E-state index contributed by atoms with van der Waals surface area (Å²) in [6.07, 6.45) is 9.73. The Balaban J connectivity index is 1.70. The first-order valence-electron chi connectivity index (χ1n) is 11.0. The molecular formula is C25H29ClO6. The number of halogens is 1. The third-order valence-electron chi connectivity index (χ3n) is 6.80. The molecule has 1 N–H and O–H groups in total. The number of esters is 1. The van der Waals surface area contributed by atoms with Crippen LogP contribution in [0.2, 0.25) is 0 Å². The van der Waals surface area contributed by atoms with E-state index in [1.165, 1.54) is 6.26 Å². The Labute approximate surface area is 193 Å². The summed E-state index contributed by atoms with van der Waals surface area (Å²) >= 11 is 6.50. The lowest BCUT2D eigenvalue weighted by molar-refractivity contribution is -0.260. The lowest BCUT2D eigenvalue weighted by Crippen LogP contribution is -2.50. The van der Waals surface area contributed by atoms with Gasteiger partial charge in [0.05, 0.1) is 11.3 Å². The average molecular weight is 461 g/mol. The van der Waals surface area contributed by atoms with Gasteiger partial charge in [-0.1, -0.05) is 49.6 Å². The fourth-order valence-electron chi connectivity index (χ4n) is 5.10. The third-order valence-corrected chi connectivity index (χ3v) is 7.17. The highest BCUT2D eigenvalue weighted by Crippen LogP contribution is 2.58. The van der Waals surface area contributed by atoms with Gasteiger partial charge in [-0.15, -0.1) is 0 Å². The molecule has 6 atom stereocenters. The van der Waals surface area contributed by atoms with E-state index in [0.29, 0.717) is 22.8 Å². The van der Waals surface area contributed by atoms with Crippen molar-refractivity contribution in [2.24, 2.45) is 17.8 Å². The number of cyclic esters (lactones) is 1. The van der Waals surface area contributed by atoms with Crippen molar-refractivity contribution in [3.8, 4) is 0 Å². The predicted molar refractivity (Wildman–Crippen MR) is 119 cm³/mol. The van der Waals surface area contributed by atoms with Crippen LogP contribution in [0.1, 0.15) is 47.5 Å². The van der Waals surface area contributed by atoms with Gasteiger partial charge in [0, 0.05) is 23.5 Å². The lowest BCUT2D eigenvalue weighted by atomic mass is 9.66. The van der Waals surface area contributed by atoms with Gasteiger partial charge in [0.25, 0.3) is 0 Å². The molecule has 7 heteroatoms. The van der Waals surface area contributed by atoms with Crippen LogP contribution < -0.4 is 0 Å². The molecule has 32 heavy (non-hydrogen) atoms. The molecule has 0 saturated carbocycles. The van der Waals surface area contributed by atoms with Gasteiger partial charge in [0.2, 0.25) is 5.78 Å². The SMILES string of the molecule is CC[C@H](C)/C=C(C)/C=C/C1=CC2=C(Cl)C(=O)[C@@]3(C)O[C@@]4(O)C[C@H](C)OC(=O)[C@@H]4[C@H]3C2=CO1. The zero-order valence-electron chi connectivity index (χ0n) is 19.0. The molecule has 3 aliphatic heterocycles. The summed E-state index contributed by atoms with van der Waals surface area (Å²) in [5, 5.41) is 11.2. The molecule has 3 heterocycles. The molecular weight excluding hydrogens is 432 g/mol. The van der Waals surface area contributed by atoms with Crippen LogP contribution in [0, 0.1) is 17.8 Å². The molecule has 0 aromatic heterocycles. The van der Waals surface area contributed by atoms with Crippen LogP contribution >= 0.6 is 11.6 Å². The maximum absolute atomic E-state index is 13.3. The Hall–Kier alpha value is -2.15. The first kappa shape index (κ1) is 23.0. The summed E-state index contributed by atoms with van der Waals surface area (Å²) in [7, 11) is 0. The fraction of sp³-hybridized carbons (Fsp3) is 0.520. The maximum Gasteiger partial charge on any atom is 0.315 e. The monoisotopic (exact) mass is 460 g/mol. The van der Waals surface area contributed by atoms with E-state index in [1.807, 2.05) is 19.1 Å². The number of allylic oxidation sites excluding steroid dienone is 6. The van der Waals surface area contributed by atoms with Crippen molar-refractivity contribution in [1.29, 1.82) is 0 Å². The quantitative estimate of drug-likeness (QED) is 0.493. The summed E-state index contributed by atoms with van der Waals surface area (Å²) in [6, 6.07) is 0. The lowest BCUT2D eigenvalue weighted by Gasteiger charge is -2.38. The molecule has 2 fully saturated rings. The number of hydrogen-bond donors (Lipinski definition) is 1. The van der Waals surface area contributed by atoms with E-state index in [4.69, 9.17) is 25.8 Å². The van der Waals surface area contributed by atoms with Gasteiger partial charge in [0.1, 0.15) is 23.4 Å². The highest BCUT2D eigenvalue weighted by Gasteiger charge is 2.70. The number of aliphatic hydroxyl groups is 1. The van der Waals surface area contributed by atoms with Crippen molar-refractivity contribution >= 4 is 23.4 Å². The molecule has 4 rings (SSSR count). The highest BCUT2D eigenvalue weighted by atomic mass is 35.5. The van der Waals surface area contributed by atoms with E-state index in [2.05, 4.69) is 19.9 Å². The van der Waals surface area contributed by atoms with E-state index >= 15 is 0 Å². The molecule has 0 unspecified atom stereocenters. The van der Waals surface area contributed by atoms with Crippen molar-refractivity contribution < 1.29 is 28.9 Å². The second kappa shape index (κ2) is 8.01. The molecule has 2 saturated heterocycles. The van der Waals surface area contributed by atoms with E-state index in [1.54, 1.807) is 19.9 Å². The van der Waals surface area contributed by atoms with Crippen LogP contribution in [0.4, 0.5) is 0 Å². The van der Waals surface area contributed by atoms with Crippen LogP contribution in [-0.4, -0.2) is 34.4 Å². The molecule has 0 aromatic carbocycles. The molecule has 0 radical (unpaired) electrons. The fourth-order valence-corrected chi connectivity index (χ4v) is 5.45. The van der Waals surface area contributed by atoms with E-state index in [9.17, 15) is 14.7 Å². The number of carbonyl (C=O) groups excluding carboxylic acids is 2. The second-order valence-corrected chi connectivity index (χ2v) is 9.76. The molecule has 6 nitrogen and oxygen atoms in total. The first-order valence-corrected chi connectivity index (χ1v) is 11.4. The van der Waals surface area contributed by atoms with Crippen molar-refractivity contribution in [3.63, 3.8) is 0 Å². The zero-order chi connectivity index (χ0) is 23.4. The molecule has 172 valence electrons. The smallest absolute Gasteiger partial charge is 0.315 e. The highest BCUT2D eigenvalue weighted by molar-refractivity contribution is 6.45. The van der Waals surface area contributed by atoms with E-state index < -0.39 is 41.1 Å². The number of carbonyl (C=O) groups is 2. The predicted octanol–water partition coefficient (Wildman–Crippen LogP) is 4.45. The van der Waals surface area contributed by atoms with Crippen LogP contribution in [0.25, 0.3) is 0 Å². The Bertz CT molecular complexity index is 1020. The average Bonchev–Trinajstić information content (AvgIpc) is 2.98. The number of ether oxygens (including phenoxy) is 3. The summed E-state index contributed by atoms with van der Waals surface area (Å²) in [6.45, 7) is 9.55. The molecule has 0 spiro atoms. The number of Topliss-reactive ketones (excluding diaryl/α,β-unsaturated/α-hetero) is 1. The number of hydrogen-bond acceptors (Lipinski definition) is 6. The van der Waals surface area contributed by atoms with Gasteiger partial charge >= 0.3 is 5.97 Å². The van der Waals surface area contributed by atoms with Gasteiger partial charge in [0.15, 0.2) is 5.79 Å². The minimum absolute atomic E-state index is 0.000248. The first-order chi connectivity index (χ1) is 15.0. The Morgan fingerprint density at radius 2 is 2.09 bits per heavy atom. The Kier molecular flexibility index (Phi) is 5.76. The minimum Gasteiger partial charge on any atom is -0.465 e. The van der Waals surface area contributed by atoms with Gasteiger partial charge in [-0.05, 0) is 38.8 Å². The summed E-state index contributed by atoms with van der Waals surface area (Å²) < 4.78 is 17.1. The third kappa shape index (κ3) is 3.58. The van der Waals surface area contributed by atoms with Gasteiger partial charge in [-0.2, -0.15) is 0 Å². The van der Waals surface area contributed by atoms with Crippen LogP contribution in [0.5, 0.6) is 0 Å². The molecule has 4 aliphatic rings. The van der Waals surface area contributed by atoms with Crippen LogP contribution in [0.3, 0.4) is 0 Å². The summed E-state index contributed by atoms with van der Waals surface area (Å²) in [5.41, 5.74) is 0.635.